The Hall–Kier alpha value is -2.75. The molecule has 2 aromatic carbocycles. The van der Waals surface area contributed by atoms with Crippen molar-refractivity contribution < 1.29 is 27.6 Å². The molecule has 0 saturated carbocycles. The number of likely N-dealkylation sites (N-methyl/N-ethyl adjacent to an activating group) is 1. The molecule has 0 aliphatic carbocycles. The van der Waals surface area contributed by atoms with E-state index in [4.69, 9.17) is 9.57 Å². The number of benzene rings is 2. The molecule has 0 N–H and O–H groups in total. The highest BCUT2D eigenvalue weighted by molar-refractivity contribution is 7.89. The Balaban J connectivity index is 1.93. The van der Waals surface area contributed by atoms with E-state index >= 15 is 0 Å². The maximum atomic E-state index is 12.2. The number of nitrogens with zero attached hydrogens (tertiary/aromatic N) is 2. The second-order valence-corrected chi connectivity index (χ2v) is 8.37. The predicted octanol–water partition coefficient (Wildman–Crippen LogP) is 1.99. The van der Waals surface area contributed by atoms with Crippen LogP contribution in [-0.2, 0) is 30.9 Å². The van der Waals surface area contributed by atoms with Crippen LogP contribution in [-0.4, -0.2) is 57.5 Å². The largest absolute Gasteiger partial charge is 0.452 e. The van der Waals surface area contributed by atoms with Gasteiger partial charge in [-0.2, -0.15) is 0 Å². The smallest absolute Gasteiger partial charge is 0.338 e. The fourth-order valence-electron chi connectivity index (χ4n) is 2.39. The van der Waals surface area contributed by atoms with Crippen molar-refractivity contribution in [3.05, 3.63) is 65.2 Å². The number of carbonyl (C=O) groups is 2. The quantitative estimate of drug-likeness (QED) is 0.479. The first-order valence-electron chi connectivity index (χ1n) is 8.75. The molecule has 0 heterocycles. The summed E-state index contributed by atoms with van der Waals surface area (Å²) >= 11 is 0. The van der Waals surface area contributed by atoms with Gasteiger partial charge in [0.25, 0.3) is 15.9 Å². The lowest BCUT2D eigenvalue weighted by molar-refractivity contribution is -0.133. The topological polar surface area (TPSA) is 93.2 Å². The zero-order valence-electron chi connectivity index (χ0n) is 16.8. The van der Waals surface area contributed by atoms with E-state index in [1.54, 1.807) is 7.05 Å². The van der Waals surface area contributed by atoms with E-state index in [0.717, 1.165) is 11.1 Å². The molecule has 29 heavy (non-hydrogen) atoms. The molecule has 2 aromatic rings. The normalized spacial score (nSPS) is 11.3. The van der Waals surface area contributed by atoms with Crippen molar-refractivity contribution in [3.63, 3.8) is 0 Å². The molecule has 0 unspecified atom stereocenters. The summed E-state index contributed by atoms with van der Waals surface area (Å²) in [6.45, 7) is 1.97. The summed E-state index contributed by atoms with van der Waals surface area (Å²) < 4.78 is 30.0. The number of hydroxylamine groups is 1. The van der Waals surface area contributed by atoms with Crippen LogP contribution in [0.4, 0.5) is 0 Å². The Morgan fingerprint density at radius 1 is 0.966 bits per heavy atom. The number of hydrogen-bond donors (Lipinski definition) is 0. The van der Waals surface area contributed by atoms with Crippen LogP contribution < -0.4 is 0 Å². The van der Waals surface area contributed by atoms with Gasteiger partial charge in [0, 0.05) is 20.6 Å². The predicted molar refractivity (Wildman–Crippen MR) is 106 cm³/mol. The van der Waals surface area contributed by atoms with Crippen LogP contribution >= 0.6 is 0 Å². The van der Waals surface area contributed by atoms with Crippen LogP contribution in [0.2, 0.25) is 0 Å². The van der Waals surface area contributed by atoms with E-state index in [0.29, 0.717) is 11.0 Å². The maximum absolute atomic E-state index is 12.2. The second-order valence-electron chi connectivity index (χ2n) is 6.43. The molecule has 0 radical (unpaired) electrons. The molecule has 0 fully saturated rings. The summed E-state index contributed by atoms with van der Waals surface area (Å²) in [5.41, 5.74) is 2.23. The number of hydrogen-bond acceptors (Lipinski definition) is 6. The Morgan fingerprint density at radius 2 is 1.55 bits per heavy atom. The van der Waals surface area contributed by atoms with E-state index < -0.39 is 22.6 Å². The minimum Gasteiger partial charge on any atom is -0.452 e. The Labute approximate surface area is 170 Å². The number of ether oxygens (including phenoxy) is 1. The first kappa shape index (κ1) is 22.5. The molecule has 0 spiro atoms. The summed E-state index contributed by atoms with van der Waals surface area (Å²) in [7, 11) is 0.317. The van der Waals surface area contributed by atoms with Crippen LogP contribution in [0.15, 0.2) is 53.4 Å². The van der Waals surface area contributed by atoms with Crippen LogP contribution in [0.5, 0.6) is 0 Å². The lowest BCUT2D eigenvalue weighted by Crippen LogP contribution is -2.30. The van der Waals surface area contributed by atoms with Gasteiger partial charge in [-0.15, -0.1) is 0 Å². The molecule has 0 bridgehead atoms. The zero-order valence-corrected chi connectivity index (χ0v) is 17.6. The zero-order chi connectivity index (χ0) is 21.6. The average molecular weight is 420 g/mol. The number of amides is 1. The van der Waals surface area contributed by atoms with Gasteiger partial charge in [-0.25, -0.2) is 13.2 Å². The van der Waals surface area contributed by atoms with Crippen LogP contribution in [0, 0.1) is 6.92 Å². The van der Waals surface area contributed by atoms with E-state index in [-0.39, 0.29) is 16.4 Å². The van der Waals surface area contributed by atoms with E-state index in [2.05, 4.69) is 0 Å². The molecule has 9 heteroatoms. The second kappa shape index (κ2) is 9.64. The minimum atomic E-state index is -3.80. The average Bonchev–Trinajstić information content (AvgIpc) is 2.72. The molecule has 2 rings (SSSR count). The summed E-state index contributed by atoms with van der Waals surface area (Å²) in [5.74, 6) is -1.06. The number of sulfonamides is 1. The van der Waals surface area contributed by atoms with Gasteiger partial charge in [0.15, 0.2) is 6.61 Å². The molecular formula is C20H24N2O6S. The third-order valence-corrected chi connectivity index (χ3v) is 5.97. The van der Waals surface area contributed by atoms with E-state index in [1.165, 1.54) is 43.3 Å². The summed E-state index contributed by atoms with van der Waals surface area (Å²) in [4.78, 5) is 30.5. The molecule has 156 valence electrons. The van der Waals surface area contributed by atoms with E-state index in [1.807, 2.05) is 31.2 Å². The van der Waals surface area contributed by atoms with Crippen molar-refractivity contribution in [3.8, 4) is 0 Å². The van der Waals surface area contributed by atoms with Crippen molar-refractivity contribution in [1.29, 1.82) is 0 Å². The number of esters is 1. The van der Waals surface area contributed by atoms with Gasteiger partial charge in [-0.05, 0) is 36.8 Å². The van der Waals surface area contributed by atoms with Gasteiger partial charge in [-0.1, -0.05) is 34.3 Å². The Bertz CT molecular complexity index is 955. The molecule has 0 aromatic heterocycles. The van der Waals surface area contributed by atoms with Crippen molar-refractivity contribution in [1.82, 2.24) is 9.37 Å². The van der Waals surface area contributed by atoms with Crippen molar-refractivity contribution in [2.45, 2.75) is 18.4 Å². The molecule has 0 aliphatic rings. The fraction of sp³-hybridized carbons (Fsp3) is 0.300. The molecule has 0 aliphatic heterocycles. The molecule has 0 atom stereocenters. The summed E-state index contributed by atoms with van der Waals surface area (Å²) in [6.07, 6.45) is 0. The number of carbonyl (C=O) groups excluding carboxylic acids is 2. The first-order chi connectivity index (χ1) is 13.6. The SMILES string of the molecule is CON(C)S(=O)(=O)c1ccc(C(=O)OCC(=O)N(C)Cc2ccc(C)cc2)cc1. The minimum absolute atomic E-state index is 0.0349. The van der Waals surface area contributed by atoms with Gasteiger partial charge in [0.2, 0.25) is 0 Å². The highest BCUT2D eigenvalue weighted by Gasteiger charge is 2.21. The molecule has 0 saturated heterocycles. The molecular weight excluding hydrogens is 396 g/mol. The van der Waals surface area contributed by atoms with Crippen molar-refractivity contribution >= 4 is 21.9 Å². The monoisotopic (exact) mass is 420 g/mol. The van der Waals surface area contributed by atoms with Crippen molar-refractivity contribution in [2.24, 2.45) is 0 Å². The third kappa shape index (κ3) is 5.86. The Kier molecular flexibility index (Phi) is 7.49. The van der Waals surface area contributed by atoms with Gasteiger partial charge in [0.05, 0.1) is 17.6 Å². The first-order valence-corrected chi connectivity index (χ1v) is 10.2. The van der Waals surface area contributed by atoms with E-state index in [9.17, 15) is 18.0 Å². The highest BCUT2D eigenvalue weighted by Crippen LogP contribution is 2.15. The lowest BCUT2D eigenvalue weighted by Gasteiger charge is -2.17. The summed E-state index contributed by atoms with van der Waals surface area (Å²) in [5, 5.41) is 0. The lowest BCUT2D eigenvalue weighted by atomic mass is 10.1. The van der Waals surface area contributed by atoms with Gasteiger partial charge in [0.1, 0.15) is 0 Å². The Morgan fingerprint density at radius 3 is 2.10 bits per heavy atom. The number of rotatable bonds is 8. The number of aryl methyl sites for hydroxylation is 1. The van der Waals surface area contributed by atoms with Crippen LogP contribution in [0.1, 0.15) is 21.5 Å². The standard InChI is InChI=1S/C20H24N2O6S/c1-15-5-7-16(8-6-15)13-21(2)19(23)14-28-20(24)17-9-11-18(12-10-17)29(25,26)22(3)27-4/h5-12H,13-14H2,1-4H3. The summed E-state index contributed by atoms with van der Waals surface area (Å²) in [6, 6.07) is 13.0. The highest BCUT2D eigenvalue weighted by atomic mass is 32.2. The van der Waals surface area contributed by atoms with Gasteiger partial charge >= 0.3 is 5.97 Å². The molecule has 8 nitrogen and oxygen atoms in total. The van der Waals surface area contributed by atoms with Crippen molar-refractivity contribution in [2.75, 3.05) is 27.8 Å². The molecule has 1 amide bonds. The van der Waals surface area contributed by atoms with Crippen LogP contribution in [0.3, 0.4) is 0 Å². The van der Waals surface area contributed by atoms with Gasteiger partial charge < -0.3 is 9.64 Å². The van der Waals surface area contributed by atoms with Crippen LogP contribution in [0.25, 0.3) is 0 Å². The fourth-order valence-corrected chi connectivity index (χ4v) is 3.36. The maximum Gasteiger partial charge on any atom is 0.338 e. The van der Waals surface area contributed by atoms with Gasteiger partial charge in [-0.3, -0.25) is 9.63 Å². The third-order valence-electron chi connectivity index (χ3n) is 4.28.